The van der Waals surface area contributed by atoms with Crippen molar-refractivity contribution in [3.8, 4) is 17.2 Å². The third-order valence-corrected chi connectivity index (χ3v) is 6.06. The predicted octanol–water partition coefficient (Wildman–Crippen LogP) is 3.76. The summed E-state index contributed by atoms with van der Waals surface area (Å²) in [5, 5.41) is 6.86. The Balaban J connectivity index is 1.21. The van der Waals surface area contributed by atoms with Crippen LogP contribution in [0.1, 0.15) is 24.8 Å². The Bertz CT molecular complexity index is 893. The van der Waals surface area contributed by atoms with Crippen LogP contribution in [-0.2, 0) is 6.54 Å². The molecule has 32 heavy (non-hydrogen) atoms. The van der Waals surface area contributed by atoms with Gasteiger partial charge in [0.1, 0.15) is 5.75 Å². The van der Waals surface area contributed by atoms with E-state index in [1.807, 2.05) is 30.3 Å². The highest BCUT2D eigenvalue weighted by Gasteiger charge is 2.20. The number of likely N-dealkylation sites (tertiary alicyclic amines) is 1. The maximum absolute atomic E-state index is 5.79. The fourth-order valence-electron chi connectivity index (χ4n) is 4.14. The topological polar surface area (TPSA) is 67.4 Å². The minimum Gasteiger partial charge on any atom is -0.497 e. The standard InChI is InChI=1S/C25H34N4O3/c1-26-25(28-21-6-9-23-24(16-21)32-15-3-14-31-23)27-17-19-10-12-29(13-11-19)18-20-4-7-22(30-2)8-5-20/h4-9,16,19H,3,10-15,17-18H2,1-2H3,(H2,26,27,28). The first-order valence-electron chi connectivity index (χ1n) is 11.5. The van der Waals surface area contributed by atoms with Crippen LogP contribution < -0.4 is 24.8 Å². The number of fused-ring (bicyclic) bond motifs is 1. The third-order valence-electron chi connectivity index (χ3n) is 6.06. The molecule has 0 radical (unpaired) electrons. The summed E-state index contributed by atoms with van der Waals surface area (Å²) in [6.07, 6.45) is 3.27. The van der Waals surface area contributed by atoms with Gasteiger partial charge in [0.2, 0.25) is 0 Å². The highest BCUT2D eigenvalue weighted by atomic mass is 16.5. The van der Waals surface area contributed by atoms with Crippen molar-refractivity contribution in [1.29, 1.82) is 0 Å². The number of hydrogen-bond donors (Lipinski definition) is 2. The molecule has 0 unspecified atom stereocenters. The van der Waals surface area contributed by atoms with Gasteiger partial charge >= 0.3 is 0 Å². The molecule has 2 aromatic carbocycles. The molecule has 172 valence electrons. The molecule has 0 spiro atoms. The largest absolute Gasteiger partial charge is 0.497 e. The predicted molar refractivity (Wildman–Crippen MR) is 128 cm³/mol. The Morgan fingerprint density at radius 1 is 1.06 bits per heavy atom. The Morgan fingerprint density at radius 2 is 1.81 bits per heavy atom. The van der Waals surface area contributed by atoms with E-state index in [9.17, 15) is 0 Å². The maximum Gasteiger partial charge on any atom is 0.195 e. The van der Waals surface area contributed by atoms with E-state index in [1.165, 1.54) is 18.4 Å². The van der Waals surface area contributed by atoms with Gasteiger partial charge in [-0.1, -0.05) is 12.1 Å². The van der Waals surface area contributed by atoms with Crippen molar-refractivity contribution in [2.75, 3.05) is 52.3 Å². The van der Waals surface area contributed by atoms with E-state index in [-0.39, 0.29) is 0 Å². The smallest absolute Gasteiger partial charge is 0.195 e. The monoisotopic (exact) mass is 438 g/mol. The number of nitrogens with one attached hydrogen (secondary N) is 2. The van der Waals surface area contributed by atoms with Crippen molar-refractivity contribution in [3.63, 3.8) is 0 Å². The summed E-state index contributed by atoms with van der Waals surface area (Å²) in [5.74, 6) is 3.92. The third kappa shape index (κ3) is 6.07. The van der Waals surface area contributed by atoms with Gasteiger partial charge in [-0.25, -0.2) is 0 Å². The molecule has 4 rings (SSSR count). The SMILES string of the molecule is CN=C(NCC1CCN(Cc2ccc(OC)cc2)CC1)Nc1ccc2c(c1)OCCCO2. The number of piperidine rings is 1. The lowest BCUT2D eigenvalue weighted by molar-refractivity contribution is 0.178. The zero-order valence-corrected chi connectivity index (χ0v) is 19.1. The lowest BCUT2D eigenvalue weighted by atomic mass is 9.96. The summed E-state index contributed by atoms with van der Waals surface area (Å²) in [5.41, 5.74) is 2.28. The van der Waals surface area contributed by atoms with Gasteiger partial charge < -0.3 is 24.8 Å². The van der Waals surface area contributed by atoms with Gasteiger partial charge in [-0.05, 0) is 61.7 Å². The van der Waals surface area contributed by atoms with Crippen LogP contribution in [0.25, 0.3) is 0 Å². The zero-order chi connectivity index (χ0) is 22.2. The van der Waals surface area contributed by atoms with Crippen LogP contribution in [-0.4, -0.2) is 57.9 Å². The molecule has 2 aromatic rings. The highest BCUT2D eigenvalue weighted by molar-refractivity contribution is 5.93. The number of rotatable bonds is 6. The van der Waals surface area contributed by atoms with Crippen molar-refractivity contribution in [2.24, 2.45) is 10.9 Å². The van der Waals surface area contributed by atoms with E-state index < -0.39 is 0 Å². The minimum absolute atomic E-state index is 0.643. The van der Waals surface area contributed by atoms with Gasteiger partial charge in [0.15, 0.2) is 17.5 Å². The first kappa shape index (κ1) is 22.3. The molecule has 0 bridgehead atoms. The molecule has 7 nitrogen and oxygen atoms in total. The first-order chi connectivity index (χ1) is 15.7. The molecule has 0 aromatic heterocycles. The number of guanidine groups is 1. The van der Waals surface area contributed by atoms with Crippen molar-refractivity contribution >= 4 is 11.6 Å². The van der Waals surface area contributed by atoms with Crippen LogP contribution in [0.15, 0.2) is 47.5 Å². The van der Waals surface area contributed by atoms with Crippen molar-refractivity contribution in [2.45, 2.75) is 25.8 Å². The van der Waals surface area contributed by atoms with Crippen LogP contribution in [0.2, 0.25) is 0 Å². The molecule has 2 N–H and O–H groups in total. The number of aliphatic imine (C=N–C) groups is 1. The van der Waals surface area contributed by atoms with E-state index in [0.29, 0.717) is 19.1 Å². The Morgan fingerprint density at radius 3 is 2.53 bits per heavy atom. The molecular formula is C25H34N4O3. The summed E-state index contributed by atoms with van der Waals surface area (Å²) >= 11 is 0. The Kier molecular flexibility index (Phi) is 7.72. The molecule has 0 amide bonds. The van der Waals surface area contributed by atoms with Gasteiger partial charge in [-0.2, -0.15) is 0 Å². The van der Waals surface area contributed by atoms with E-state index in [1.54, 1.807) is 14.2 Å². The Labute approximate surface area is 190 Å². The molecule has 0 atom stereocenters. The maximum atomic E-state index is 5.79. The molecule has 2 aliphatic rings. The van der Waals surface area contributed by atoms with E-state index in [4.69, 9.17) is 14.2 Å². The average molecular weight is 439 g/mol. The van der Waals surface area contributed by atoms with Crippen molar-refractivity contribution in [1.82, 2.24) is 10.2 Å². The number of nitrogens with zero attached hydrogens (tertiary/aromatic N) is 2. The van der Waals surface area contributed by atoms with Crippen molar-refractivity contribution < 1.29 is 14.2 Å². The second-order valence-corrected chi connectivity index (χ2v) is 8.36. The zero-order valence-electron chi connectivity index (χ0n) is 19.1. The number of hydrogen-bond acceptors (Lipinski definition) is 5. The van der Waals surface area contributed by atoms with Gasteiger partial charge in [-0.15, -0.1) is 0 Å². The molecular weight excluding hydrogens is 404 g/mol. The minimum atomic E-state index is 0.643. The summed E-state index contributed by atoms with van der Waals surface area (Å²) in [6, 6.07) is 14.3. The summed E-state index contributed by atoms with van der Waals surface area (Å²) in [7, 11) is 3.51. The molecule has 1 saturated heterocycles. The second-order valence-electron chi connectivity index (χ2n) is 8.36. The first-order valence-corrected chi connectivity index (χ1v) is 11.5. The van der Waals surface area contributed by atoms with E-state index in [0.717, 1.165) is 61.5 Å². The van der Waals surface area contributed by atoms with Crippen LogP contribution in [0.3, 0.4) is 0 Å². The fraction of sp³-hybridized carbons (Fsp3) is 0.480. The van der Waals surface area contributed by atoms with Gasteiger partial charge in [0, 0.05) is 38.3 Å². The van der Waals surface area contributed by atoms with Crippen molar-refractivity contribution in [3.05, 3.63) is 48.0 Å². The summed E-state index contributed by atoms with van der Waals surface area (Å²) in [6.45, 7) is 5.53. The lowest BCUT2D eigenvalue weighted by Crippen LogP contribution is -2.40. The van der Waals surface area contributed by atoms with Crippen LogP contribution >= 0.6 is 0 Å². The fourth-order valence-corrected chi connectivity index (χ4v) is 4.14. The number of methoxy groups -OCH3 is 1. The number of benzene rings is 2. The lowest BCUT2D eigenvalue weighted by Gasteiger charge is -2.32. The molecule has 0 saturated carbocycles. The molecule has 7 heteroatoms. The summed E-state index contributed by atoms with van der Waals surface area (Å²) in [4.78, 5) is 6.92. The van der Waals surface area contributed by atoms with Crippen LogP contribution in [0.4, 0.5) is 5.69 Å². The van der Waals surface area contributed by atoms with Crippen LogP contribution in [0, 0.1) is 5.92 Å². The Hall–Kier alpha value is -2.93. The normalized spacial score (nSPS) is 17.5. The molecule has 2 aliphatic heterocycles. The van der Waals surface area contributed by atoms with Gasteiger partial charge in [-0.3, -0.25) is 9.89 Å². The summed E-state index contributed by atoms with van der Waals surface area (Å²) < 4.78 is 16.7. The van der Waals surface area contributed by atoms with Gasteiger partial charge in [0.25, 0.3) is 0 Å². The quantitative estimate of drug-likeness (QED) is 0.529. The van der Waals surface area contributed by atoms with E-state index in [2.05, 4.69) is 32.7 Å². The number of ether oxygens (including phenoxy) is 3. The van der Waals surface area contributed by atoms with Gasteiger partial charge in [0.05, 0.1) is 20.3 Å². The highest BCUT2D eigenvalue weighted by Crippen LogP contribution is 2.32. The average Bonchev–Trinajstić information content (AvgIpc) is 3.08. The van der Waals surface area contributed by atoms with E-state index >= 15 is 0 Å². The molecule has 0 aliphatic carbocycles. The second kappa shape index (κ2) is 11.1. The molecule has 2 heterocycles. The molecule has 1 fully saturated rings. The van der Waals surface area contributed by atoms with Crippen LogP contribution in [0.5, 0.6) is 17.2 Å². The number of anilines is 1.